The number of rotatable bonds is 7. The number of carbonyl (C=O) groups excluding carboxylic acids is 3. The molecule has 0 aliphatic carbocycles. The summed E-state index contributed by atoms with van der Waals surface area (Å²) in [4.78, 5) is 47.6. The third-order valence-corrected chi connectivity index (χ3v) is 11.2. The normalized spacial score (nSPS) is 18.7. The summed E-state index contributed by atoms with van der Waals surface area (Å²) in [5.74, 6) is -3.63. The Morgan fingerprint density at radius 3 is 2.48 bits per heavy atom. The number of nitrogens with zero attached hydrogens (tertiary/aromatic N) is 5. The number of thiophene rings is 1. The summed E-state index contributed by atoms with van der Waals surface area (Å²) < 4.78 is 108. The van der Waals surface area contributed by atoms with Gasteiger partial charge in [0.1, 0.15) is 17.0 Å². The molecule has 1 fully saturated rings. The van der Waals surface area contributed by atoms with Crippen molar-refractivity contribution in [3.05, 3.63) is 46.5 Å². The SMILES string of the molecule is CCc1cc(N2CCN(C(=O)C(F)(F)F)CC2COC(C)=O)ccc1Nc1ncc(C(F)(F)F)c(-c2cc3c(s2)C(=O)N(C)CCS3(O)O)n1. The minimum atomic E-state index is -5.07. The molecule has 5 rings (SSSR count). The van der Waals surface area contributed by atoms with Gasteiger partial charge in [-0.3, -0.25) is 23.5 Å². The molecule has 2 amide bonds. The van der Waals surface area contributed by atoms with E-state index < -0.39 is 58.0 Å². The van der Waals surface area contributed by atoms with Gasteiger partial charge in [0.05, 0.1) is 27.3 Å². The number of nitrogens with one attached hydrogen (secondary N) is 1. The van der Waals surface area contributed by atoms with E-state index in [0.29, 0.717) is 45.8 Å². The van der Waals surface area contributed by atoms with Crippen molar-refractivity contribution in [2.75, 3.05) is 55.8 Å². The molecule has 0 spiro atoms. The lowest BCUT2D eigenvalue weighted by Crippen LogP contribution is -2.58. The molecule has 1 saturated heterocycles. The third kappa shape index (κ3) is 7.77. The Bertz CT molecular complexity index is 1800. The second-order valence-electron chi connectivity index (χ2n) is 11.6. The van der Waals surface area contributed by atoms with E-state index in [1.54, 1.807) is 30.0 Å². The fourth-order valence-corrected chi connectivity index (χ4v) is 8.67. The Labute approximate surface area is 287 Å². The summed E-state index contributed by atoms with van der Waals surface area (Å²) in [5.41, 5.74) is -0.223. The average molecular weight is 751 g/mol. The number of ether oxygens (including phenoxy) is 1. The fourth-order valence-electron chi connectivity index (χ4n) is 5.58. The monoisotopic (exact) mass is 750 g/mol. The number of piperazine rings is 1. The van der Waals surface area contributed by atoms with Crippen LogP contribution in [-0.2, 0) is 26.9 Å². The molecule has 20 heteroatoms. The summed E-state index contributed by atoms with van der Waals surface area (Å²) in [6.45, 7) is 2.08. The van der Waals surface area contributed by atoms with Crippen molar-refractivity contribution < 1.29 is 54.6 Å². The number of hydrogen-bond acceptors (Lipinski definition) is 11. The number of alkyl halides is 6. The first-order valence-corrected chi connectivity index (χ1v) is 17.6. The van der Waals surface area contributed by atoms with Gasteiger partial charge in [-0.2, -0.15) is 36.9 Å². The highest BCUT2D eigenvalue weighted by molar-refractivity contribution is 8.24. The molecule has 0 radical (unpaired) electrons. The number of amides is 2. The zero-order chi connectivity index (χ0) is 36.8. The van der Waals surface area contributed by atoms with Crippen molar-refractivity contribution in [3.63, 3.8) is 0 Å². The minimum Gasteiger partial charge on any atom is -0.464 e. The smallest absolute Gasteiger partial charge is 0.464 e. The Balaban J connectivity index is 1.47. The second kappa shape index (κ2) is 13.9. The number of benzene rings is 1. The molecule has 2 aliphatic heterocycles. The molecule has 1 atom stereocenters. The molecule has 0 bridgehead atoms. The van der Waals surface area contributed by atoms with Crippen molar-refractivity contribution in [1.82, 2.24) is 19.8 Å². The molecular formula is C30H32F6N6O6S2. The summed E-state index contributed by atoms with van der Waals surface area (Å²) in [5, 5.41) is 2.92. The minimum absolute atomic E-state index is 0.0111. The Morgan fingerprint density at radius 1 is 1.12 bits per heavy atom. The summed E-state index contributed by atoms with van der Waals surface area (Å²) >= 11 is 0.663. The first-order valence-electron chi connectivity index (χ1n) is 15.1. The summed E-state index contributed by atoms with van der Waals surface area (Å²) in [6.07, 6.45) is -9.00. The van der Waals surface area contributed by atoms with Crippen LogP contribution < -0.4 is 10.2 Å². The Kier molecular flexibility index (Phi) is 10.3. The maximum Gasteiger partial charge on any atom is 0.471 e. The van der Waals surface area contributed by atoms with Crippen LogP contribution in [0.25, 0.3) is 10.6 Å². The van der Waals surface area contributed by atoms with E-state index in [0.717, 1.165) is 13.0 Å². The molecule has 1 unspecified atom stereocenters. The number of fused-ring (bicyclic) bond motifs is 1. The van der Waals surface area contributed by atoms with Crippen LogP contribution in [0.15, 0.2) is 35.4 Å². The molecule has 3 N–H and O–H groups in total. The van der Waals surface area contributed by atoms with Gasteiger partial charge < -0.3 is 24.8 Å². The molecule has 272 valence electrons. The highest BCUT2D eigenvalue weighted by atomic mass is 32.3. The van der Waals surface area contributed by atoms with E-state index in [4.69, 9.17) is 4.74 Å². The van der Waals surface area contributed by atoms with E-state index in [-0.39, 0.29) is 59.1 Å². The number of halogens is 6. The molecule has 3 aromatic rings. The third-order valence-electron chi connectivity index (χ3n) is 8.17. The Hall–Kier alpha value is -4.14. The van der Waals surface area contributed by atoms with Crippen molar-refractivity contribution >= 4 is 57.0 Å². The van der Waals surface area contributed by atoms with Crippen LogP contribution in [0, 0.1) is 0 Å². The largest absolute Gasteiger partial charge is 0.471 e. The zero-order valence-electron chi connectivity index (χ0n) is 26.8. The molecular weight excluding hydrogens is 718 g/mol. The zero-order valence-corrected chi connectivity index (χ0v) is 28.4. The van der Waals surface area contributed by atoms with Crippen LogP contribution in [0.4, 0.5) is 43.7 Å². The predicted octanol–water partition coefficient (Wildman–Crippen LogP) is 5.87. The van der Waals surface area contributed by atoms with Crippen molar-refractivity contribution in [3.8, 4) is 10.6 Å². The van der Waals surface area contributed by atoms with E-state index in [1.807, 2.05) is 0 Å². The van der Waals surface area contributed by atoms with Crippen LogP contribution >= 0.6 is 21.9 Å². The second-order valence-corrected chi connectivity index (χ2v) is 14.8. The highest BCUT2D eigenvalue weighted by Gasteiger charge is 2.45. The molecule has 12 nitrogen and oxygen atoms in total. The van der Waals surface area contributed by atoms with Crippen LogP contribution in [0.2, 0.25) is 0 Å². The lowest BCUT2D eigenvalue weighted by Gasteiger charge is -2.42. The van der Waals surface area contributed by atoms with Gasteiger partial charge in [-0.25, -0.2) is 9.97 Å². The van der Waals surface area contributed by atoms with Crippen LogP contribution in [0.1, 0.15) is 34.6 Å². The van der Waals surface area contributed by atoms with Gasteiger partial charge in [0.15, 0.2) is 0 Å². The van der Waals surface area contributed by atoms with Gasteiger partial charge in [-0.15, -0.1) is 11.3 Å². The number of aryl methyl sites for hydroxylation is 1. The van der Waals surface area contributed by atoms with E-state index in [2.05, 4.69) is 15.3 Å². The average Bonchev–Trinajstić information content (AvgIpc) is 3.49. The summed E-state index contributed by atoms with van der Waals surface area (Å²) in [6, 6.07) is 5.24. The van der Waals surface area contributed by atoms with Gasteiger partial charge in [-0.1, -0.05) is 6.92 Å². The number of aromatic nitrogens is 2. The van der Waals surface area contributed by atoms with Crippen molar-refractivity contribution in [1.29, 1.82) is 0 Å². The standard InChI is InChI=1S/C30H32F6N6O6S2/c1-4-17-11-18(42-8-7-41(27(45)30(34,35)36)14-19(42)15-48-16(2)43)5-6-21(17)38-28-37-13-20(29(31,32)33)24(39-28)22-12-23-25(49-22)26(44)40(3)9-10-50(23,46)47/h5-6,11-13,19,46-47H,4,7-10,14-15H2,1-3H3,(H,37,38,39). The number of carbonyl (C=O) groups is 3. The first-order chi connectivity index (χ1) is 23.3. The predicted molar refractivity (Wildman–Crippen MR) is 173 cm³/mol. The van der Waals surface area contributed by atoms with Crippen molar-refractivity contribution in [2.45, 2.75) is 43.6 Å². The number of anilines is 3. The first kappa shape index (κ1) is 37.1. The van der Waals surface area contributed by atoms with Gasteiger partial charge in [0, 0.05) is 57.7 Å². The molecule has 1 aromatic carbocycles. The lowest BCUT2D eigenvalue weighted by atomic mass is 10.1. The van der Waals surface area contributed by atoms with E-state index >= 15 is 0 Å². The Morgan fingerprint density at radius 2 is 1.84 bits per heavy atom. The van der Waals surface area contributed by atoms with Gasteiger partial charge in [0.25, 0.3) is 5.91 Å². The quantitative estimate of drug-likeness (QED) is 0.198. The number of esters is 1. The van der Waals surface area contributed by atoms with Crippen LogP contribution in [0.3, 0.4) is 0 Å². The summed E-state index contributed by atoms with van der Waals surface area (Å²) in [7, 11) is -2.03. The van der Waals surface area contributed by atoms with Gasteiger partial charge in [0.2, 0.25) is 5.95 Å². The molecule has 2 aliphatic rings. The van der Waals surface area contributed by atoms with E-state index in [1.165, 1.54) is 11.9 Å². The molecule has 2 aromatic heterocycles. The maximum absolute atomic E-state index is 14.2. The van der Waals surface area contributed by atoms with Crippen LogP contribution in [-0.4, -0.2) is 104 Å². The van der Waals surface area contributed by atoms with Crippen molar-refractivity contribution in [2.24, 2.45) is 0 Å². The highest BCUT2D eigenvalue weighted by Crippen LogP contribution is 2.55. The molecule has 4 heterocycles. The number of hydrogen-bond donors (Lipinski definition) is 3. The van der Waals surface area contributed by atoms with Crippen LogP contribution in [0.5, 0.6) is 0 Å². The molecule has 50 heavy (non-hydrogen) atoms. The fraction of sp³-hybridized carbons (Fsp3) is 0.433. The lowest BCUT2D eigenvalue weighted by molar-refractivity contribution is -0.186. The topological polar surface area (TPSA) is 148 Å². The van der Waals surface area contributed by atoms with Gasteiger partial charge >= 0.3 is 24.2 Å². The maximum atomic E-state index is 14.2. The van der Waals surface area contributed by atoms with E-state index in [9.17, 15) is 49.8 Å². The van der Waals surface area contributed by atoms with Gasteiger partial charge in [-0.05, 0) is 36.2 Å². The molecule has 0 saturated carbocycles.